The zero-order chi connectivity index (χ0) is 11.3. The van der Waals surface area contributed by atoms with E-state index in [-0.39, 0.29) is 0 Å². The van der Waals surface area contributed by atoms with Gasteiger partial charge in [0.2, 0.25) is 0 Å². The molecule has 1 nitrogen and oxygen atoms in total. The molecule has 0 aliphatic heterocycles. The molecule has 16 heavy (non-hydrogen) atoms. The van der Waals surface area contributed by atoms with Gasteiger partial charge < -0.3 is 0 Å². The van der Waals surface area contributed by atoms with Gasteiger partial charge in [0.15, 0.2) is 0 Å². The van der Waals surface area contributed by atoms with E-state index >= 15 is 0 Å². The second-order valence-corrected chi connectivity index (χ2v) is 6.56. The molecule has 0 amide bonds. The molecule has 0 N–H and O–H groups in total. The van der Waals surface area contributed by atoms with Crippen LogP contribution in [0.1, 0.15) is 52.4 Å². The molecule has 4 aliphatic carbocycles. The molecule has 4 saturated carbocycles. The summed E-state index contributed by atoms with van der Waals surface area (Å²) in [4.78, 5) is 0. The van der Waals surface area contributed by atoms with Crippen LogP contribution in [0.5, 0.6) is 0 Å². The molecule has 0 radical (unpaired) electrons. The summed E-state index contributed by atoms with van der Waals surface area (Å²) in [6.45, 7) is 4.24. The molecule has 1 heteroatoms. The van der Waals surface area contributed by atoms with Gasteiger partial charge >= 0.3 is 0 Å². The number of nitrogens with zero attached hydrogens (tertiary/aromatic N) is 1. The van der Waals surface area contributed by atoms with E-state index in [4.69, 9.17) is 5.26 Å². The molecular formula is C15H21N. The van der Waals surface area contributed by atoms with Crippen molar-refractivity contribution in [2.24, 2.45) is 23.2 Å². The van der Waals surface area contributed by atoms with Crippen LogP contribution in [0.3, 0.4) is 0 Å². The maximum Gasteiger partial charge on any atom is 0.0943 e. The molecule has 0 saturated heterocycles. The maximum absolute atomic E-state index is 9.10. The third-order valence-corrected chi connectivity index (χ3v) is 5.56. The topological polar surface area (TPSA) is 23.8 Å². The lowest BCUT2D eigenvalue weighted by atomic mass is 9.47. The van der Waals surface area contributed by atoms with E-state index in [0.717, 1.165) is 23.3 Å². The van der Waals surface area contributed by atoms with Gasteiger partial charge in [0.05, 0.1) is 6.07 Å². The van der Waals surface area contributed by atoms with Gasteiger partial charge in [-0.2, -0.15) is 5.26 Å². The van der Waals surface area contributed by atoms with Gasteiger partial charge in [-0.15, -0.1) is 0 Å². The van der Waals surface area contributed by atoms with Gasteiger partial charge in [-0.1, -0.05) is 5.57 Å². The van der Waals surface area contributed by atoms with Crippen molar-refractivity contribution >= 4 is 0 Å². The van der Waals surface area contributed by atoms with E-state index in [2.05, 4.69) is 13.0 Å². The maximum atomic E-state index is 9.10. The standard InChI is InChI=1S/C15H21N/c1-10(9-16)11(2)15-6-12-3-13(7-15)5-14(4-12)8-15/h12-14H,3-8H2,1-2H3/b11-10+. The summed E-state index contributed by atoms with van der Waals surface area (Å²) in [7, 11) is 0. The van der Waals surface area contributed by atoms with E-state index in [1.165, 1.54) is 44.1 Å². The molecule has 0 aromatic rings. The van der Waals surface area contributed by atoms with Crippen molar-refractivity contribution in [1.82, 2.24) is 0 Å². The lowest BCUT2D eigenvalue weighted by Gasteiger charge is -2.57. The largest absolute Gasteiger partial charge is 0.193 e. The quantitative estimate of drug-likeness (QED) is 0.605. The van der Waals surface area contributed by atoms with Crippen LogP contribution in [0.2, 0.25) is 0 Å². The molecule has 4 bridgehead atoms. The van der Waals surface area contributed by atoms with E-state index in [0.29, 0.717) is 5.41 Å². The minimum Gasteiger partial charge on any atom is -0.193 e. The predicted molar refractivity (Wildman–Crippen MR) is 64.6 cm³/mol. The third-order valence-electron chi connectivity index (χ3n) is 5.56. The molecule has 0 aromatic carbocycles. The van der Waals surface area contributed by atoms with Gasteiger partial charge in [0, 0.05) is 5.57 Å². The SMILES string of the molecule is C/C(C#N)=C(/C)C12CC3CC(CC(C3)C1)C2. The highest BCUT2D eigenvalue weighted by molar-refractivity contribution is 5.31. The van der Waals surface area contributed by atoms with E-state index in [9.17, 15) is 0 Å². The molecule has 0 heterocycles. The fourth-order valence-corrected chi connectivity index (χ4v) is 5.05. The van der Waals surface area contributed by atoms with Crippen molar-refractivity contribution in [3.63, 3.8) is 0 Å². The molecular weight excluding hydrogens is 194 g/mol. The normalized spacial score (nSPS) is 46.4. The smallest absolute Gasteiger partial charge is 0.0943 e. The Bertz CT molecular complexity index is 347. The fraction of sp³-hybridized carbons (Fsp3) is 0.800. The Hall–Kier alpha value is -0.770. The minimum atomic E-state index is 0.439. The molecule has 4 aliphatic rings. The number of allylic oxidation sites excluding steroid dienone is 2. The zero-order valence-electron chi connectivity index (χ0n) is 10.4. The van der Waals surface area contributed by atoms with Crippen molar-refractivity contribution in [3.05, 3.63) is 11.1 Å². The molecule has 0 atom stereocenters. The Morgan fingerprint density at radius 3 is 1.81 bits per heavy atom. The Kier molecular flexibility index (Phi) is 2.18. The number of rotatable bonds is 1. The second-order valence-electron chi connectivity index (χ2n) is 6.56. The van der Waals surface area contributed by atoms with Crippen molar-refractivity contribution in [2.75, 3.05) is 0 Å². The molecule has 0 unspecified atom stereocenters. The van der Waals surface area contributed by atoms with Crippen molar-refractivity contribution in [1.29, 1.82) is 5.26 Å². The number of hydrogen-bond acceptors (Lipinski definition) is 1. The summed E-state index contributed by atoms with van der Waals surface area (Å²) in [5.41, 5.74) is 2.85. The molecule has 86 valence electrons. The first-order valence-corrected chi connectivity index (χ1v) is 6.71. The summed E-state index contributed by atoms with van der Waals surface area (Å²) in [5, 5.41) is 9.10. The lowest BCUT2D eigenvalue weighted by molar-refractivity contribution is -0.0307. The van der Waals surface area contributed by atoms with Gasteiger partial charge in [-0.05, 0) is 75.5 Å². The first-order valence-electron chi connectivity index (χ1n) is 6.71. The van der Waals surface area contributed by atoms with Crippen LogP contribution in [0, 0.1) is 34.5 Å². The summed E-state index contributed by atoms with van der Waals surface area (Å²) in [5.74, 6) is 2.94. The molecule has 4 fully saturated rings. The Balaban J connectivity index is 1.98. The van der Waals surface area contributed by atoms with Crippen LogP contribution >= 0.6 is 0 Å². The molecule has 0 aromatic heterocycles. The van der Waals surface area contributed by atoms with Crippen LogP contribution in [0.4, 0.5) is 0 Å². The van der Waals surface area contributed by atoms with Crippen LogP contribution in [0.15, 0.2) is 11.1 Å². The van der Waals surface area contributed by atoms with Crippen molar-refractivity contribution < 1.29 is 0 Å². The second kappa shape index (κ2) is 3.36. The first kappa shape index (κ1) is 10.4. The molecule has 4 rings (SSSR count). The highest BCUT2D eigenvalue weighted by Gasteiger charge is 2.51. The first-order chi connectivity index (χ1) is 7.63. The van der Waals surface area contributed by atoms with Gasteiger partial charge in [0.25, 0.3) is 0 Å². The van der Waals surface area contributed by atoms with Crippen LogP contribution in [-0.4, -0.2) is 0 Å². The average Bonchev–Trinajstić information content (AvgIpc) is 2.25. The summed E-state index contributed by atoms with van der Waals surface area (Å²) < 4.78 is 0. The van der Waals surface area contributed by atoms with Crippen LogP contribution in [0.25, 0.3) is 0 Å². The highest BCUT2D eigenvalue weighted by Crippen LogP contribution is 2.62. The van der Waals surface area contributed by atoms with Gasteiger partial charge in [-0.3, -0.25) is 0 Å². The lowest BCUT2D eigenvalue weighted by Crippen LogP contribution is -2.46. The molecule has 0 spiro atoms. The van der Waals surface area contributed by atoms with E-state index in [1.807, 2.05) is 6.92 Å². The van der Waals surface area contributed by atoms with Crippen molar-refractivity contribution in [2.45, 2.75) is 52.4 Å². The highest BCUT2D eigenvalue weighted by atomic mass is 14.6. The summed E-state index contributed by atoms with van der Waals surface area (Å²) >= 11 is 0. The van der Waals surface area contributed by atoms with Crippen LogP contribution < -0.4 is 0 Å². The van der Waals surface area contributed by atoms with Crippen molar-refractivity contribution in [3.8, 4) is 6.07 Å². The number of nitriles is 1. The number of hydrogen-bond donors (Lipinski definition) is 0. The average molecular weight is 215 g/mol. The van der Waals surface area contributed by atoms with Gasteiger partial charge in [0.1, 0.15) is 0 Å². The zero-order valence-corrected chi connectivity index (χ0v) is 10.4. The minimum absolute atomic E-state index is 0.439. The van der Waals surface area contributed by atoms with E-state index in [1.54, 1.807) is 0 Å². The van der Waals surface area contributed by atoms with E-state index < -0.39 is 0 Å². The van der Waals surface area contributed by atoms with Gasteiger partial charge in [-0.25, -0.2) is 0 Å². The fourth-order valence-electron chi connectivity index (χ4n) is 5.05. The Morgan fingerprint density at radius 2 is 1.44 bits per heavy atom. The van der Waals surface area contributed by atoms with Crippen LogP contribution in [-0.2, 0) is 0 Å². The monoisotopic (exact) mass is 215 g/mol. The Labute approximate surface area is 98.5 Å². The Morgan fingerprint density at radius 1 is 1.00 bits per heavy atom. The third kappa shape index (κ3) is 1.35. The predicted octanol–water partition coefficient (Wildman–Crippen LogP) is 4.06. The summed E-state index contributed by atoms with van der Waals surface area (Å²) in [6.07, 6.45) is 8.59. The summed E-state index contributed by atoms with van der Waals surface area (Å²) in [6, 6.07) is 2.37.